The van der Waals surface area contributed by atoms with E-state index in [2.05, 4.69) is 206 Å². The molecule has 0 aliphatic heterocycles. The fourth-order valence-electron chi connectivity index (χ4n) is 12.5. The van der Waals surface area contributed by atoms with E-state index in [0.717, 1.165) is 12.8 Å². The standard InChI is InChI=1S/C29H37.C21H26.C5H5.2ClH.Zr/c1-18-25-22-17-19-13-9-10-14-20(19)24(22)21-15-11-12-16-23(21)29(25,8)28(6,7)27(4,5)26(18,2)3;1-20(2,3)18-11-7-16(8-12-18)15-17-9-13-19(14-10-17)21(4,5)6;1-2-4-5-3-1;;;/h9-11,13-15,23H,12,16-17H2,1-8H3;7-14H,1-6H3;1-5H;2*1H;/q;;;;;+2/p-2. The minimum Gasteiger partial charge on any atom is -1.00 e. The largest absolute Gasteiger partial charge is 1.00 e. The fraction of sp³-hybridized carbons (Fsp3) is 0.473. The second kappa shape index (κ2) is 15.0. The smallest absolute Gasteiger partial charge is 1.00 e. The van der Waals surface area contributed by atoms with Gasteiger partial charge in [0.2, 0.25) is 0 Å². The third-order valence-corrected chi connectivity index (χ3v) is 27.3. The summed E-state index contributed by atoms with van der Waals surface area (Å²) in [5.74, 6) is 0.483. The third-order valence-electron chi connectivity index (χ3n) is 17.2. The van der Waals surface area contributed by atoms with Crippen molar-refractivity contribution in [2.45, 2.75) is 134 Å². The van der Waals surface area contributed by atoms with Gasteiger partial charge in [-0.25, -0.2) is 0 Å². The molecule has 0 aromatic heterocycles. The van der Waals surface area contributed by atoms with Crippen LogP contribution in [0.15, 0.2) is 126 Å². The van der Waals surface area contributed by atoms with Gasteiger partial charge in [0.1, 0.15) is 0 Å². The summed E-state index contributed by atoms with van der Waals surface area (Å²) in [6, 6.07) is 29.3. The summed E-state index contributed by atoms with van der Waals surface area (Å²) in [6.45, 7) is 35.8. The van der Waals surface area contributed by atoms with Gasteiger partial charge in [-0.05, 0) is 0 Å². The summed E-state index contributed by atoms with van der Waals surface area (Å²) in [6.07, 6.45) is 18.5. The predicted octanol–water partition coefficient (Wildman–Crippen LogP) is 8.95. The van der Waals surface area contributed by atoms with Gasteiger partial charge in [-0.1, -0.05) is 0 Å². The van der Waals surface area contributed by atoms with Crippen LogP contribution in [0.25, 0.3) is 5.57 Å². The van der Waals surface area contributed by atoms with E-state index >= 15 is 0 Å². The normalized spacial score (nSPS) is 26.1. The van der Waals surface area contributed by atoms with Gasteiger partial charge in [-0.3, -0.25) is 0 Å². The number of fused-ring (bicyclic) bond motifs is 6. The first-order valence-electron chi connectivity index (χ1n) is 21.6. The van der Waals surface area contributed by atoms with Gasteiger partial charge >= 0.3 is 351 Å². The number of halogens is 2. The van der Waals surface area contributed by atoms with E-state index in [1.54, 1.807) is 19.9 Å². The SMILES string of the molecule is CC(C)(C)c1ccc([C](c2ccc(C(C)(C)C)cc2)=[Zr+2]([CH]2C=CC=C2)[C]2(C)C3=C4Cc5ccccc5C4=C4C=CCCC4C3(C)C(C)(C)C(C)(C)C2(C)C)cc1.[Cl-].[Cl-]. The molecule has 3 heteroatoms. The first-order chi connectivity index (χ1) is 26.1. The van der Waals surface area contributed by atoms with Crippen LogP contribution in [-0.4, -0.2) is 3.21 Å². The number of benzene rings is 3. The average Bonchev–Trinajstić information content (AvgIpc) is 3.81. The molecule has 1 fully saturated rings. The zero-order valence-electron chi connectivity index (χ0n) is 37.9. The average molecular weight is 891 g/mol. The molecule has 1 saturated carbocycles. The summed E-state index contributed by atoms with van der Waals surface area (Å²) in [5.41, 5.74) is 15.7. The van der Waals surface area contributed by atoms with Crippen LogP contribution in [-0.2, 0) is 38.5 Å². The van der Waals surface area contributed by atoms with Crippen LogP contribution in [0.2, 0.25) is 6.75 Å². The van der Waals surface area contributed by atoms with Crippen LogP contribution >= 0.6 is 0 Å². The molecule has 3 aromatic carbocycles. The number of rotatable bonds is 4. The van der Waals surface area contributed by atoms with E-state index in [-0.39, 0.29) is 60.4 Å². The zero-order chi connectivity index (χ0) is 40.4. The van der Waals surface area contributed by atoms with E-state index < -0.39 is 21.3 Å². The Kier molecular flexibility index (Phi) is 11.7. The minimum absolute atomic E-state index is 0. The summed E-state index contributed by atoms with van der Waals surface area (Å²) in [7, 11) is 0. The molecule has 3 aromatic rings. The van der Waals surface area contributed by atoms with Crippen molar-refractivity contribution in [2.24, 2.45) is 27.6 Å². The second-order valence-corrected chi connectivity index (χ2v) is 29.4. The molecule has 0 N–H and O–H groups in total. The molecule has 0 nitrogen and oxygen atoms in total. The van der Waals surface area contributed by atoms with E-state index in [1.165, 1.54) is 39.8 Å². The summed E-state index contributed by atoms with van der Waals surface area (Å²) in [5, 5.41) is 0. The van der Waals surface area contributed by atoms with Gasteiger partial charge in [-0.15, -0.1) is 0 Å². The Hall–Kier alpha value is -2.31. The van der Waals surface area contributed by atoms with Crippen molar-refractivity contribution in [3.63, 3.8) is 0 Å². The van der Waals surface area contributed by atoms with Crippen LogP contribution < -0.4 is 24.8 Å². The van der Waals surface area contributed by atoms with Crippen molar-refractivity contribution in [2.75, 3.05) is 0 Å². The van der Waals surface area contributed by atoms with E-state index in [1.807, 2.05) is 5.57 Å². The topological polar surface area (TPSA) is 0 Å². The maximum Gasteiger partial charge on any atom is -1.00 e. The van der Waals surface area contributed by atoms with E-state index in [9.17, 15) is 0 Å². The molecule has 306 valence electrons. The molecular weight excluding hydrogens is 823 g/mol. The van der Waals surface area contributed by atoms with E-state index in [4.69, 9.17) is 0 Å². The van der Waals surface area contributed by atoms with Crippen molar-refractivity contribution >= 4 is 8.78 Å². The third kappa shape index (κ3) is 6.23. The molecule has 5 aliphatic rings. The number of hydrogen-bond acceptors (Lipinski definition) is 0. The molecule has 0 bridgehead atoms. The van der Waals surface area contributed by atoms with Crippen molar-refractivity contribution in [1.82, 2.24) is 0 Å². The maximum atomic E-state index is 2.84. The van der Waals surface area contributed by atoms with Gasteiger partial charge in [0.25, 0.3) is 0 Å². The molecular formula is C55H68Cl2Zr. The monoisotopic (exact) mass is 888 g/mol. The van der Waals surface area contributed by atoms with Gasteiger partial charge in [0, 0.05) is 0 Å². The maximum absolute atomic E-state index is 3.08. The molecule has 0 radical (unpaired) electrons. The van der Waals surface area contributed by atoms with E-state index in [0.29, 0.717) is 9.54 Å². The van der Waals surface area contributed by atoms with Gasteiger partial charge in [0.15, 0.2) is 0 Å². The van der Waals surface area contributed by atoms with Gasteiger partial charge in [-0.2, -0.15) is 0 Å². The van der Waals surface area contributed by atoms with Crippen molar-refractivity contribution < 1.29 is 46.1 Å². The first kappa shape index (κ1) is 45.2. The molecule has 3 atom stereocenters. The number of hydrogen-bond donors (Lipinski definition) is 0. The molecule has 0 saturated heterocycles. The Morgan fingerprint density at radius 1 is 0.638 bits per heavy atom. The van der Waals surface area contributed by atoms with Crippen LogP contribution in [0.5, 0.6) is 0 Å². The van der Waals surface area contributed by atoms with Gasteiger partial charge < -0.3 is 24.8 Å². The Morgan fingerprint density at radius 3 is 1.67 bits per heavy atom. The zero-order valence-corrected chi connectivity index (χ0v) is 41.9. The van der Waals surface area contributed by atoms with Crippen LogP contribution in [0.4, 0.5) is 0 Å². The van der Waals surface area contributed by atoms with Crippen molar-refractivity contribution in [1.29, 1.82) is 0 Å². The Balaban J connectivity index is 0.00000283. The first-order valence-corrected chi connectivity index (χ1v) is 25.5. The summed E-state index contributed by atoms with van der Waals surface area (Å²) < 4.78 is 2.09. The van der Waals surface area contributed by atoms with Crippen molar-refractivity contribution in [3.8, 4) is 0 Å². The predicted molar refractivity (Wildman–Crippen MR) is 239 cm³/mol. The molecule has 8 rings (SSSR count). The molecule has 0 amide bonds. The summed E-state index contributed by atoms with van der Waals surface area (Å²) >= 11 is -3.08. The van der Waals surface area contributed by atoms with Crippen LogP contribution in [0.1, 0.15) is 143 Å². The summed E-state index contributed by atoms with van der Waals surface area (Å²) in [4.78, 5) is 0. The Morgan fingerprint density at radius 2 is 1.16 bits per heavy atom. The van der Waals surface area contributed by atoms with Crippen LogP contribution in [0, 0.1) is 27.6 Å². The quantitative estimate of drug-likeness (QED) is 0.246. The van der Waals surface area contributed by atoms with Crippen molar-refractivity contribution in [3.05, 3.63) is 159 Å². The molecule has 0 spiro atoms. The fourth-order valence-corrected chi connectivity index (χ4v) is 24.1. The molecule has 58 heavy (non-hydrogen) atoms. The second-order valence-electron chi connectivity index (χ2n) is 22.0. The number of allylic oxidation sites excluding steroid dienone is 10. The molecule has 5 aliphatic carbocycles. The Labute approximate surface area is 372 Å². The molecule has 0 heterocycles. The Bertz CT molecular complexity index is 2220. The molecule has 3 unspecified atom stereocenters. The van der Waals surface area contributed by atoms with Gasteiger partial charge in [0.05, 0.1) is 0 Å². The van der Waals surface area contributed by atoms with Crippen LogP contribution in [0.3, 0.4) is 0 Å². The minimum atomic E-state index is -3.08.